The Balaban J connectivity index is 1.42. The summed E-state index contributed by atoms with van der Waals surface area (Å²) in [6.07, 6.45) is 11.3. The highest BCUT2D eigenvalue weighted by Gasteiger charge is 2.30. The van der Waals surface area contributed by atoms with Crippen LogP contribution in [0.2, 0.25) is 0 Å². The molecule has 158 valence electrons. The Labute approximate surface area is 174 Å². The highest BCUT2D eigenvalue weighted by Crippen LogP contribution is 2.32. The zero-order valence-electron chi connectivity index (χ0n) is 17.8. The van der Waals surface area contributed by atoms with E-state index in [0.717, 1.165) is 49.9 Å². The third kappa shape index (κ3) is 6.09. The molecule has 0 atom stereocenters. The molecule has 3 rings (SSSR count). The maximum atomic E-state index is 12.7. The zero-order valence-corrected chi connectivity index (χ0v) is 17.8. The van der Waals surface area contributed by atoms with E-state index in [1.807, 2.05) is 25.1 Å². The Kier molecular flexibility index (Phi) is 7.73. The van der Waals surface area contributed by atoms with Crippen molar-refractivity contribution >= 4 is 17.5 Å². The molecule has 0 aliphatic heterocycles. The van der Waals surface area contributed by atoms with Gasteiger partial charge in [-0.25, -0.2) is 0 Å². The second kappa shape index (κ2) is 10.5. The van der Waals surface area contributed by atoms with E-state index in [-0.39, 0.29) is 23.7 Å². The minimum atomic E-state index is -0.0448. The molecule has 0 aromatic heterocycles. The van der Waals surface area contributed by atoms with Crippen LogP contribution >= 0.6 is 0 Å². The van der Waals surface area contributed by atoms with Crippen LogP contribution in [0.15, 0.2) is 29.8 Å². The average molecular weight is 399 g/mol. The van der Waals surface area contributed by atoms with Crippen LogP contribution in [-0.2, 0) is 9.59 Å². The minimum absolute atomic E-state index is 0.0250. The van der Waals surface area contributed by atoms with Crippen molar-refractivity contribution in [3.8, 4) is 5.75 Å². The number of nitrogens with one attached hydrogen (secondary N) is 2. The molecule has 0 radical (unpaired) electrons. The number of allylic oxidation sites excluding steroid dienone is 1. The molecule has 2 aliphatic rings. The molecule has 0 heterocycles. The summed E-state index contributed by atoms with van der Waals surface area (Å²) in [5.74, 6) is 0.840. The fraction of sp³-hybridized carbons (Fsp3) is 0.583. The normalized spacial score (nSPS) is 21.8. The smallest absolute Gasteiger partial charge is 0.227 e. The molecule has 2 amide bonds. The lowest BCUT2D eigenvalue weighted by atomic mass is 9.81. The van der Waals surface area contributed by atoms with Gasteiger partial charge < -0.3 is 15.4 Å². The predicted octanol–water partition coefficient (Wildman–Crippen LogP) is 4.76. The first kappa shape index (κ1) is 21.4. The molecule has 29 heavy (non-hydrogen) atoms. The minimum Gasteiger partial charge on any atom is -0.495 e. The first-order valence-electron chi connectivity index (χ1n) is 11.0. The number of aryl methyl sites for hydroxylation is 1. The van der Waals surface area contributed by atoms with Crippen LogP contribution in [-0.4, -0.2) is 25.5 Å². The molecule has 1 aromatic carbocycles. The van der Waals surface area contributed by atoms with E-state index in [0.29, 0.717) is 5.75 Å². The number of carbonyl (C=O) groups is 2. The average Bonchev–Trinajstić information content (AvgIpc) is 2.74. The summed E-state index contributed by atoms with van der Waals surface area (Å²) in [4.78, 5) is 25.2. The summed E-state index contributed by atoms with van der Waals surface area (Å²) in [6.45, 7) is 2.72. The van der Waals surface area contributed by atoms with E-state index in [2.05, 4.69) is 16.7 Å². The lowest BCUT2D eigenvalue weighted by molar-refractivity contribution is -0.128. The van der Waals surface area contributed by atoms with Gasteiger partial charge in [0.25, 0.3) is 0 Å². The van der Waals surface area contributed by atoms with Crippen LogP contribution in [0.5, 0.6) is 5.75 Å². The van der Waals surface area contributed by atoms with Gasteiger partial charge in [0, 0.05) is 18.4 Å². The van der Waals surface area contributed by atoms with Gasteiger partial charge in [0.2, 0.25) is 11.8 Å². The van der Waals surface area contributed by atoms with Crippen molar-refractivity contribution < 1.29 is 14.3 Å². The largest absolute Gasteiger partial charge is 0.495 e. The quantitative estimate of drug-likeness (QED) is 0.651. The number of hydrogen-bond acceptors (Lipinski definition) is 3. The Morgan fingerprint density at radius 2 is 1.79 bits per heavy atom. The summed E-state index contributed by atoms with van der Waals surface area (Å²) in [6, 6.07) is 5.76. The van der Waals surface area contributed by atoms with Gasteiger partial charge in [-0.2, -0.15) is 0 Å². The third-order valence-electron chi connectivity index (χ3n) is 6.21. The first-order valence-corrected chi connectivity index (χ1v) is 11.0. The fourth-order valence-corrected chi connectivity index (χ4v) is 4.39. The summed E-state index contributed by atoms with van der Waals surface area (Å²) in [7, 11) is 1.61. The summed E-state index contributed by atoms with van der Waals surface area (Å²) in [5.41, 5.74) is 3.28. The van der Waals surface area contributed by atoms with E-state index in [1.165, 1.54) is 31.3 Å². The molecule has 0 saturated heterocycles. The molecule has 1 aromatic rings. The van der Waals surface area contributed by atoms with Crippen molar-refractivity contribution in [2.24, 2.45) is 11.8 Å². The van der Waals surface area contributed by atoms with Crippen molar-refractivity contribution in [3.05, 3.63) is 35.4 Å². The maximum absolute atomic E-state index is 12.7. The standard InChI is InChI=1S/C24H34N2O3/c1-17-8-13-22(29-2)21(16-17)26-24(28)20-11-9-19(10-12-20)23(27)25-15-14-18-6-4-3-5-7-18/h6,8,13,16,19-20H,3-5,7,9-12,14-15H2,1-2H3,(H,25,27)(H,26,28). The van der Waals surface area contributed by atoms with Crippen molar-refractivity contribution in [3.63, 3.8) is 0 Å². The summed E-state index contributed by atoms with van der Waals surface area (Å²) in [5, 5.41) is 6.12. The topological polar surface area (TPSA) is 67.4 Å². The second-order valence-electron chi connectivity index (χ2n) is 8.39. The summed E-state index contributed by atoms with van der Waals surface area (Å²) >= 11 is 0. The third-order valence-corrected chi connectivity index (χ3v) is 6.21. The molecular weight excluding hydrogens is 364 g/mol. The highest BCUT2D eigenvalue weighted by molar-refractivity contribution is 5.94. The molecule has 5 heteroatoms. The Hall–Kier alpha value is -2.30. The molecule has 0 spiro atoms. The van der Waals surface area contributed by atoms with Gasteiger partial charge in [0.15, 0.2) is 0 Å². The lowest BCUT2D eigenvalue weighted by Crippen LogP contribution is -2.36. The first-order chi connectivity index (χ1) is 14.1. The van der Waals surface area contributed by atoms with Gasteiger partial charge in [0.1, 0.15) is 5.75 Å². The van der Waals surface area contributed by atoms with Crippen LogP contribution in [0, 0.1) is 18.8 Å². The number of carbonyl (C=O) groups excluding carboxylic acids is 2. The van der Waals surface area contributed by atoms with Gasteiger partial charge in [-0.3, -0.25) is 9.59 Å². The number of ether oxygens (including phenoxy) is 1. The monoisotopic (exact) mass is 398 g/mol. The number of rotatable bonds is 7. The van der Waals surface area contributed by atoms with E-state index in [9.17, 15) is 9.59 Å². The maximum Gasteiger partial charge on any atom is 0.227 e. The fourth-order valence-electron chi connectivity index (χ4n) is 4.39. The Bertz CT molecular complexity index is 748. The number of methoxy groups -OCH3 is 1. The molecule has 1 fully saturated rings. The van der Waals surface area contributed by atoms with Crippen LogP contribution < -0.4 is 15.4 Å². The van der Waals surface area contributed by atoms with Gasteiger partial charge in [-0.15, -0.1) is 0 Å². The van der Waals surface area contributed by atoms with E-state index in [1.54, 1.807) is 7.11 Å². The number of benzene rings is 1. The molecule has 1 saturated carbocycles. The van der Waals surface area contributed by atoms with Crippen molar-refractivity contribution in [1.29, 1.82) is 0 Å². The molecule has 0 unspecified atom stereocenters. The second-order valence-corrected chi connectivity index (χ2v) is 8.39. The van der Waals surface area contributed by atoms with Crippen molar-refractivity contribution in [2.75, 3.05) is 19.0 Å². The van der Waals surface area contributed by atoms with Crippen molar-refractivity contribution in [2.45, 2.75) is 64.7 Å². The van der Waals surface area contributed by atoms with Gasteiger partial charge in [-0.1, -0.05) is 17.7 Å². The Morgan fingerprint density at radius 3 is 2.45 bits per heavy atom. The molecule has 0 bridgehead atoms. The number of anilines is 1. The van der Waals surface area contributed by atoms with Gasteiger partial charge in [0.05, 0.1) is 12.8 Å². The van der Waals surface area contributed by atoms with Crippen LogP contribution in [0.25, 0.3) is 0 Å². The zero-order chi connectivity index (χ0) is 20.6. The van der Waals surface area contributed by atoms with E-state index < -0.39 is 0 Å². The van der Waals surface area contributed by atoms with E-state index in [4.69, 9.17) is 4.74 Å². The highest BCUT2D eigenvalue weighted by atomic mass is 16.5. The van der Waals surface area contributed by atoms with Crippen LogP contribution in [0.1, 0.15) is 63.4 Å². The van der Waals surface area contributed by atoms with E-state index >= 15 is 0 Å². The summed E-state index contributed by atoms with van der Waals surface area (Å²) < 4.78 is 5.35. The molecule has 2 aliphatic carbocycles. The van der Waals surface area contributed by atoms with Crippen molar-refractivity contribution in [1.82, 2.24) is 5.32 Å². The molecule has 5 nitrogen and oxygen atoms in total. The predicted molar refractivity (Wildman–Crippen MR) is 116 cm³/mol. The lowest BCUT2D eigenvalue weighted by Gasteiger charge is -2.27. The molecule has 2 N–H and O–H groups in total. The van der Waals surface area contributed by atoms with Crippen LogP contribution in [0.3, 0.4) is 0 Å². The van der Waals surface area contributed by atoms with Gasteiger partial charge in [-0.05, 0) is 82.4 Å². The van der Waals surface area contributed by atoms with Gasteiger partial charge >= 0.3 is 0 Å². The van der Waals surface area contributed by atoms with Crippen LogP contribution in [0.4, 0.5) is 5.69 Å². The molecular formula is C24H34N2O3. The number of hydrogen-bond donors (Lipinski definition) is 2. The Morgan fingerprint density at radius 1 is 1.07 bits per heavy atom. The SMILES string of the molecule is COc1ccc(C)cc1NC(=O)C1CCC(C(=O)NCCC2=CCCCC2)CC1. The number of amides is 2.